The van der Waals surface area contributed by atoms with Crippen LogP contribution in [0.4, 0.5) is 0 Å². The van der Waals surface area contributed by atoms with Crippen molar-refractivity contribution in [2.75, 3.05) is 0 Å². The lowest BCUT2D eigenvalue weighted by Gasteiger charge is -2.06. The van der Waals surface area contributed by atoms with Crippen LogP contribution in [0.3, 0.4) is 0 Å². The van der Waals surface area contributed by atoms with Crippen molar-refractivity contribution in [3.63, 3.8) is 0 Å². The molecule has 4 aromatic heterocycles. The summed E-state index contributed by atoms with van der Waals surface area (Å²) in [6.07, 6.45) is 6.39. The molecule has 0 radical (unpaired) electrons. The largest absolute Gasteiger partial charge is 0.428 e. The maximum Gasteiger partial charge on any atom is 0.362 e. The zero-order valence-electron chi connectivity index (χ0n) is 13.5. The number of hydrogen-bond donors (Lipinski definition) is 0. The summed E-state index contributed by atoms with van der Waals surface area (Å²) in [6, 6.07) is 15.3. The van der Waals surface area contributed by atoms with Gasteiger partial charge in [0.15, 0.2) is 5.52 Å². The highest BCUT2D eigenvalue weighted by molar-refractivity contribution is 6.02. The molecule has 0 N–H and O–H groups in total. The van der Waals surface area contributed by atoms with E-state index in [9.17, 15) is 4.79 Å². The summed E-state index contributed by atoms with van der Waals surface area (Å²) < 4.78 is 6.65. The minimum atomic E-state index is -0.446. The van der Waals surface area contributed by atoms with E-state index < -0.39 is 5.63 Å². The predicted octanol–water partition coefficient (Wildman–Crippen LogP) is 3.56. The first-order valence-electron chi connectivity index (χ1n) is 8.08. The average Bonchev–Trinajstić information content (AvgIpc) is 3.09. The Morgan fingerprint density at radius 3 is 2.69 bits per heavy atom. The first kappa shape index (κ1) is 14.5. The van der Waals surface area contributed by atoms with Crippen LogP contribution in [-0.4, -0.2) is 19.6 Å². The minimum absolute atomic E-state index is 0.379. The van der Waals surface area contributed by atoms with E-state index in [0.717, 1.165) is 16.5 Å². The Balaban J connectivity index is 1.97. The van der Waals surface area contributed by atoms with E-state index in [2.05, 4.69) is 15.1 Å². The summed E-state index contributed by atoms with van der Waals surface area (Å²) >= 11 is 0. The second kappa shape index (κ2) is 5.63. The smallest absolute Gasteiger partial charge is 0.362 e. The van der Waals surface area contributed by atoms with E-state index in [1.54, 1.807) is 23.1 Å². The molecule has 4 heterocycles. The molecule has 0 unspecified atom stereocenters. The number of rotatable bonds is 2. The van der Waals surface area contributed by atoms with Crippen LogP contribution < -0.4 is 5.63 Å². The standard InChI is InChI=1S/C20H12N4O2/c25-20-19-17(14-8-10-22-15-6-2-1-5-13(14)15)18(16-7-3-4-9-21-16)23-24(19)11-12-26-20/h1-12H. The molecule has 0 atom stereocenters. The number of hydrogen-bond acceptors (Lipinski definition) is 5. The summed E-state index contributed by atoms with van der Waals surface area (Å²) in [7, 11) is 0. The fraction of sp³-hybridized carbons (Fsp3) is 0. The topological polar surface area (TPSA) is 73.3 Å². The van der Waals surface area contributed by atoms with Crippen molar-refractivity contribution in [3.05, 3.63) is 83.8 Å². The van der Waals surface area contributed by atoms with Crippen molar-refractivity contribution in [2.24, 2.45) is 0 Å². The van der Waals surface area contributed by atoms with Crippen LogP contribution in [-0.2, 0) is 0 Å². The zero-order chi connectivity index (χ0) is 17.5. The maximum absolute atomic E-state index is 12.5. The Bertz CT molecular complexity index is 1300. The van der Waals surface area contributed by atoms with E-state index in [1.165, 1.54) is 6.26 Å². The van der Waals surface area contributed by atoms with Gasteiger partial charge in [-0.3, -0.25) is 9.97 Å². The van der Waals surface area contributed by atoms with E-state index in [4.69, 9.17) is 4.42 Å². The monoisotopic (exact) mass is 340 g/mol. The first-order valence-corrected chi connectivity index (χ1v) is 8.08. The van der Waals surface area contributed by atoms with Crippen molar-refractivity contribution < 1.29 is 4.42 Å². The van der Waals surface area contributed by atoms with Crippen LogP contribution in [0.5, 0.6) is 0 Å². The fourth-order valence-electron chi connectivity index (χ4n) is 3.19. The molecule has 6 nitrogen and oxygen atoms in total. The number of aromatic nitrogens is 4. The van der Waals surface area contributed by atoms with Gasteiger partial charge in [0.2, 0.25) is 0 Å². The van der Waals surface area contributed by atoms with Gasteiger partial charge in [-0.05, 0) is 29.8 Å². The number of nitrogens with zero attached hydrogens (tertiary/aromatic N) is 4. The highest BCUT2D eigenvalue weighted by atomic mass is 16.4. The number of para-hydroxylation sites is 1. The molecule has 0 aliphatic rings. The summed E-state index contributed by atoms with van der Waals surface area (Å²) in [5.41, 5.74) is 3.65. The van der Waals surface area contributed by atoms with Gasteiger partial charge in [-0.15, -0.1) is 0 Å². The van der Waals surface area contributed by atoms with Crippen LogP contribution in [0, 0.1) is 0 Å². The molecule has 124 valence electrons. The molecule has 0 fully saturated rings. The van der Waals surface area contributed by atoms with E-state index in [0.29, 0.717) is 22.5 Å². The van der Waals surface area contributed by atoms with Gasteiger partial charge < -0.3 is 4.42 Å². The highest BCUT2D eigenvalue weighted by Gasteiger charge is 2.21. The van der Waals surface area contributed by atoms with Gasteiger partial charge in [0, 0.05) is 23.3 Å². The molecule has 0 saturated carbocycles. The molecule has 0 aliphatic heterocycles. The van der Waals surface area contributed by atoms with Crippen molar-refractivity contribution >= 4 is 16.4 Å². The SMILES string of the molecule is O=c1occn2nc(-c3ccccn3)c(-c3ccnc4ccccc34)c12. The zero-order valence-corrected chi connectivity index (χ0v) is 13.5. The molecule has 26 heavy (non-hydrogen) atoms. The number of pyridine rings is 2. The summed E-state index contributed by atoms with van der Waals surface area (Å²) in [5.74, 6) is 0. The molecular formula is C20H12N4O2. The predicted molar refractivity (Wildman–Crippen MR) is 97.7 cm³/mol. The van der Waals surface area contributed by atoms with Gasteiger partial charge in [0.1, 0.15) is 12.0 Å². The molecule has 1 aromatic carbocycles. The van der Waals surface area contributed by atoms with Crippen LogP contribution in [0.2, 0.25) is 0 Å². The van der Waals surface area contributed by atoms with Gasteiger partial charge in [0.25, 0.3) is 0 Å². The quantitative estimate of drug-likeness (QED) is 0.491. The lowest BCUT2D eigenvalue weighted by molar-refractivity contribution is 0.506. The molecular weight excluding hydrogens is 328 g/mol. The van der Waals surface area contributed by atoms with Crippen LogP contribution >= 0.6 is 0 Å². The summed E-state index contributed by atoms with van der Waals surface area (Å²) in [5, 5.41) is 5.54. The van der Waals surface area contributed by atoms with Crippen LogP contribution in [0.25, 0.3) is 38.9 Å². The molecule has 6 heteroatoms. The van der Waals surface area contributed by atoms with Crippen LogP contribution in [0.15, 0.2) is 82.6 Å². The Labute approximate surface area is 147 Å². The fourth-order valence-corrected chi connectivity index (χ4v) is 3.19. The highest BCUT2D eigenvalue weighted by Crippen LogP contribution is 2.36. The van der Waals surface area contributed by atoms with Crippen molar-refractivity contribution in [3.8, 4) is 22.5 Å². The third-order valence-corrected chi connectivity index (χ3v) is 4.31. The lowest BCUT2D eigenvalue weighted by Crippen LogP contribution is -2.03. The van der Waals surface area contributed by atoms with Crippen molar-refractivity contribution in [2.45, 2.75) is 0 Å². The molecule has 0 bridgehead atoms. The van der Waals surface area contributed by atoms with Crippen molar-refractivity contribution in [1.29, 1.82) is 0 Å². The normalized spacial score (nSPS) is 11.2. The number of benzene rings is 1. The number of fused-ring (bicyclic) bond motifs is 2. The second-order valence-corrected chi connectivity index (χ2v) is 5.80. The Morgan fingerprint density at radius 2 is 1.81 bits per heavy atom. The third kappa shape index (κ3) is 2.12. The van der Waals surface area contributed by atoms with E-state index in [1.807, 2.05) is 48.5 Å². The Kier molecular flexibility index (Phi) is 3.15. The summed E-state index contributed by atoms with van der Waals surface area (Å²) in [6.45, 7) is 0. The first-order chi connectivity index (χ1) is 12.8. The molecule has 0 saturated heterocycles. The van der Waals surface area contributed by atoms with E-state index in [-0.39, 0.29) is 0 Å². The van der Waals surface area contributed by atoms with Crippen molar-refractivity contribution in [1.82, 2.24) is 19.6 Å². The van der Waals surface area contributed by atoms with Gasteiger partial charge in [-0.25, -0.2) is 9.31 Å². The minimum Gasteiger partial charge on any atom is -0.428 e. The van der Waals surface area contributed by atoms with Crippen LogP contribution in [0.1, 0.15) is 0 Å². The van der Waals surface area contributed by atoms with Gasteiger partial charge >= 0.3 is 5.63 Å². The molecule has 0 amide bonds. The lowest BCUT2D eigenvalue weighted by atomic mass is 9.99. The van der Waals surface area contributed by atoms with Gasteiger partial charge in [-0.2, -0.15) is 5.10 Å². The van der Waals surface area contributed by atoms with E-state index >= 15 is 0 Å². The average molecular weight is 340 g/mol. The second-order valence-electron chi connectivity index (χ2n) is 5.80. The van der Waals surface area contributed by atoms with Gasteiger partial charge in [-0.1, -0.05) is 24.3 Å². The van der Waals surface area contributed by atoms with Gasteiger partial charge in [0.05, 0.1) is 17.4 Å². The summed E-state index contributed by atoms with van der Waals surface area (Å²) in [4.78, 5) is 21.3. The molecule has 0 spiro atoms. The maximum atomic E-state index is 12.5. The molecule has 5 aromatic rings. The molecule has 0 aliphatic carbocycles. The Morgan fingerprint density at radius 1 is 0.923 bits per heavy atom. The molecule has 5 rings (SSSR count). The Hall–Kier alpha value is -3.80. The third-order valence-electron chi connectivity index (χ3n) is 4.31.